The lowest BCUT2D eigenvalue weighted by atomic mass is 10.1. The summed E-state index contributed by atoms with van der Waals surface area (Å²) >= 11 is 6.30. The van der Waals surface area contributed by atoms with Crippen LogP contribution in [0.25, 0.3) is 11.3 Å². The second-order valence-corrected chi connectivity index (χ2v) is 10.0. The first-order chi connectivity index (χ1) is 19.5. The molecule has 0 N–H and O–H groups in total. The molecule has 1 aliphatic rings. The van der Waals surface area contributed by atoms with Gasteiger partial charge in [-0.05, 0) is 48.4 Å². The predicted octanol–water partition coefficient (Wildman–Crippen LogP) is 5.32. The summed E-state index contributed by atoms with van der Waals surface area (Å²) in [6, 6.07) is 26.3. The third-order valence-electron chi connectivity index (χ3n) is 6.87. The van der Waals surface area contributed by atoms with Crippen molar-refractivity contribution in [1.29, 1.82) is 0 Å². The van der Waals surface area contributed by atoms with Crippen molar-refractivity contribution < 1.29 is 14.0 Å². The van der Waals surface area contributed by atoms with Gasteiger partial charge in [-0.25, -0.2) is 4.39 Å². The summed E-state index contributed by atoms with van der Waals surface area (Å²) in [4.78, 5) is 32.1. The summed E-state index contributed by atoms with van der Waals surface area (Å²) in [7, 11) is 0. The number of amides is 2. The van der Waals surface area contributed by atoms with Crippen LogP contribution >= 0.6 is 11.6 Å². The van der Waals surface area contributed by atoms with E-state index in [0.29, 0.717) is 30.4 Å². The van der Waals surface area contributed by atoms with E-state index < -0.39 is 5.82 Å². The lowest BCUT2D eigenvalue weighted by molar-refractivity contribution is -0.131. The van der Waals surface area contributed by atoms with Gasteiger partial charge in [-0.2, -0.15) is 0 Å². The molecule has 0 spiro atoms. The minimum atomic E-state index is -0.493. The first-order valence-electron chi connectivity index (χ1n) is 13.2. The molecular weight excluding hydrogens is 529 g/mol. The van der Waals surface area contributed by atoms with Crippen molar-refractivity contribution in [3.05, 3.63) is 113 Å². The van der Waals surface area contributed by atoms with Gasteiger partial charge in [0, 0.05) is 43.9 Å². The van der Waals surface area contributed by atoms with Gasteiger partial charge in [-0.1, -0.05) is 66.2 Å². The Kier molecular flexibility index (Phi) is 8.66. The second kappa shape index (κ2) is 12.7. The van der Waals surface area contributed by atoms with E-state index in [0.717, 1.165) is 29.9 Å². The molecule has 9 heteroatoms. The molecule has 2 heterocycles. The molecule has 0 radical (unpaired) electrons. The van der Waals surface area contributed by atoms with Crippen molar-refractivity contribution in [2.75, 3.05) is 37.6 Å². The van der Waals surface area contributed by atoms with E-state index >= 15 is 0 Å². The maximum Gasteiger partial charge on any atom is 0.254 e. The Labute approximate surface area is 237 Å². The van der Waals surface area contributed by atoms with Crippen LogP contribution in [0.5, 0.6) is 0 Å². The number of carbonyl (C=O) groups is 2. The number of anilines is 1. The minimum Gasteiger partial charge on any atom is -0.353 e. The summed E-state index contributed by atoms with van der Waals surface area (Å²) in [5.41, 5.74) is 2.62. The minimum absolute atomic E-state index is 0.101. The van der Waals surface area contributed by atoms with Gasteiger partial charge in [0.05, 0.1) is 10.7 Å². The van der Waals surface area contributed by atoms with Gasteiger partial charge in [-0.15, -0.1) is 10.2 Å². The monoisotopic (exact) mass is 557 g/mol. The van der Waals surface area contributed by atoms with Crippen molar-refractivity contribution in [3.63, 3.8) is 0 Å². The van der Waals surface area contributed by atoms with Crippen LogP contribution in [0.2, 0.25) is 5.02 Å². The molecule has 0 atom stereocenters. The molecular formula is C31H29ClFN5O2. The predicted molar refractivity (Wildman–Crippen MR) is 153 cm³/mol. The number of rotatable bonds is 7. The standard InChI is InChI=1S/C31H29ClFN5O2/c32-27-13-5-4-12-26(27)28-14-15-29(35-34-28)36-16-7-17-37(19-18-36)30(39)22-38(21-23-8-2-1-3-9-23)31(40)24-10-6-11-25(33)20-24/h1-6,8-15,20H,7,16-19,21-22H2. The molecule has 1 aromatic heterocycles. The first-order valence-corrected chi connectivity index (χ1v) is 13.6. The maximum absolute atomic E-state index is 13.9. The molecule has 0 aliphatic carbocycles. The number of aromatic nitrogens is 2. The summed E-state index contributed by atoms with van der Waals surface area (Å²) in [6.45, 7) is 2.50. The highest BCUT2D eigenvalue weighted by Gasteiger charge is 2.25. The smallest absolute Gasteiger partial charge is 0.254 e. The Morgan fingerprint density at radius 1 is 0.850 bits per heavy atom. The number of carbonyl (C=O) groups excluding carboxylic acids is 2. The Morgan fingerprint density at radius 2 is 1.65 bits per heavy atom. The number of halogens is 2. The van der Waals surface area contributed by atoms with Crippen LogP contribution in [0.3, 0.4) is 0 Å². The highest BCUT2D eigenvalue weighted by molar-refractivity contribution is 6.33. The van der Waals surface area contributed by atoms with Crippen molar-refractivity contribution in [2.45, 2.75) is 13.0 Å². The van der Waals surface area contributed by atoms with E-state index in [2.05, 4.69) is 15.1 Å². The van der Waals surface area contributed by atoms with Crippen LogP contribution in [-0.2, 0) is 11.3 Å². The average molecular weight is 558 g/mol. The quantitative estimate of drug-likeness (QED) is 0.308. The first kappa shape index (κ1) is 27.3. The Bertz CT molecular complexity index is 1470. The van der Waals surface area contributed by atoms with Gasteiger partial charge < -0.3 is 14.7 Å². The van der Waals surface area contributed by atoms with Gasteiger partial charge >= 0.3 is 0 Å². The van der Waals surface area contributed by atoms with Crippen LogP contribution in [0.15, 0.2) is 91.0 Å². The Hall–Kier alpha value is -4.30. The van der Waals surface area contributed by atoms with E-state index in [1.165, 1.54) is 23.1 Å². The summed E-state index contributed by atoms with van der Waals surface area (Å²) in [5.74, 6) is -0.297. The van der Waals surface area contributed by atoms with Gasteiger partial charge in [-0.3, -0.25) is 9.59 Å². The summed E-state index contributed by atoms with van der Waals surface area (Å²) in [6.07, 6.45) is 0.746. The van der Waals surface area contributed by atoms with Crippen LogP contribution in [-0.4, -0.2) is 64.5 Å². The third kappa shape index (κ3) is 6.63. The second-order valence-electron chi connectivity index (χ2n) is 9.64. The molecule has 1 fully saturated rings. The Balaban J connectivity index is 1.25. The van der Waals surface area contributed by atoms with Crippen LogP contribution in [0.4, 0.5) is 10.2 Å². The van der Waals surface area contributed by atoms with E-state index in [-0.39, 0.29) is 30.5 Å². The fourth-order valence-corrected chi connectivity index (χ4v) is 5.01. The van der Waals surface area contributed by atoms with E-state index in [1.54, 1.807) is 11.0 Å². The van der Waals surface area contributed by atoms with E-state index in [9.17, 15) is 14.0 Å². The van der Waals surface area contributed by atoms with Crippen molar-refractivity contribution in [3.8, 4) is 11.3 Å². The van der Waals surface area contributed by atoms with Crippen LogP contribution in [0.1, 0.15) is 22.3 Å². The molecule has 1 saturated heterocycles. The molecule has 0 unspecified atom stereocenters. The normalized spacial score (nSPS) is 13.6. The molecule has 4 aromatic rings. The molecule has 2 amide bonds. The molecule has 204 valence electrons. The zero-order valence-corrected chi connectivity index (χ0v) is 22.7. The molecule has 1 aliphatic heterocycles. The average Bonchev–Trinajstić information content (AvgIpc) is 3.24. The van der Waals surface area contributed by atoms with Gasteiger partial charge in [0.1, 0.15) is 12.4 Å². The maximum atomic E-state index is 13.9. The lowest BCUT2D eigenvalue weighted by Crippen LogP contribution is -2.44. The third-order valence-corrected chi connectivity index (χ3v) is 7.20. The van der Waals surface area contributed by atoms with Crippen LogP contribution in [0, 0.1) is 5.82 Å². The topological polar surface area (TPSA) is 69.6 Å². The number of benzene rings is 3. The Morgan fingerprint density at radius 3 is 2.40 bits per heavy atom. The van der Waals surface area contributed by atoms with Crippen LogP contribution < -0.4 is 4.90 Å². The van der Waals surface area contributed by atoms with Crippen molar-refractivity contribution >= 4 is 29.2 Å². The number of hydrogen-bond donors (Lipinski definition) is 0. The zero-order valence-electron chi connectivity index (χ0n) is 21.9. The van der Waals surface area contributed by atoms with Gasteiger partial charge in [0.15, 0.2) is 5.82 Å². The van der Waals surface area contributed by atoms with E-state index in [4.69, 9.17) is 11.6 Å². The molecule has 0 bridgehead atoms. The summed E-state index contributed by atoms with van der Waals surface area (Å²) < 4.78 is 13.9. The van der Waals surface area contributed by atoms with Gasteiger partial charge in [0.2, 0.25) is 5.91 Å². The SMILES string of the molecule is O=C(CN(Cc1ccccc1)C(=O)c1cccc(F)c1)N1CCCN(c2ccc(-c3ccccc3Cl)nn2)CC1. The largest absolute Gasteiger partial charge is 0.353 e. The van der Waals surface area contributed by atoms with Crippen molar-refractivity contribution in [2.24, 2.45) is 0 Å². The molecule has 5 rings (SSSR count). The van der Waals surface area contributed by atoms with Crippen molar-refractivity contribution in [1.82, 2.24) is 20.0 Å². The highest BCUT2D eigenvalue weighted by atomic mass is 35.5. The van der Waals surface area contributed by atoms with Gasteiger partial charge in [0.25, 0.3) is 5.91 Å². The molecule has 3 aromatic carbocycles. The molecule has 7 nitrogen and oxygen atoms in total. The lowest BCUT2D eigenvalue weighted by Gasteiger charge is -2.27. The highest BCUT2D eigenvalue weighted by Crippen LogP contribution is 2.26. The molecule has 40 heavy (non-hydrogen) atoms. The number of hydrogen-bond acceptors (Lipinski definition) is 5. The fraction of sp³-hybridized carbons (Fsp3) is 0.226. The number of nitrogens with zero attached hydrogens (tertiary/aromatic N) is 5. The zero-order chi connectivity index (χ0) is 27.9. The van der Waals surface area contributed by atoms with E-state index in [1.807, 2.05) is 66.7 Å². The molecule has 0 saturated carbocycles. The summed E-state index contributed by atoms with van der Waals surface area (Å²) in [5, 5.41) is 9.41. The fourth-order valence-electron chi connectivity index (χ4n) is 4.77.